The first-order chi connectivity index (χ1) is 12.6. The fourth-order valence-electron chi connectivity index (χ4n) is 2.48. The van der Waals surface area contributed by atoms with Crippen LogP contribution in [0, 0.1) is 5.82 Å². The highest BCUT2D eigenvalue weighted by Crippen LogP contribution is 2.24. The lowest BCUT2D eigenvalue weighted by Gasteiger charge is -2.22. The van der Waals surface area contributed by atoms with E-state index in [9.17, 15) is 9.18 Å². The number of ether oxygens (including phenoxy) is 1. The monoisotopic (exact) mass is 370 g/mol. The molecule has 3 rings (SSSR count). The average molecular weight is 371 g/mol. The van der Waals surface area contributed by atoms with E-state index in [1.54, 1.807) is 61.8 Å². The lowest BCUT2D eigenvalue weighted by molar-refractivity contribution is 0.0984. The van der Waals surface area contributed by atoms with E-state index in [2.05, 4.69) is 4.98 Å². The molecule has 1 heterocycles. The van der Waals surface area contributed by atoms with Crippen LogP contribution < -0.4 is 9.64 Å². The Morgan fingerprint density at radius 1 is 1.15 bits per heavy atom. The van der Waals surface area contributed by atoms with Gasteiger partial charge in [-0.25, -0.2) is 9.37 Å². The summed E-state index contributed by atoms with van der Waals surface area (Å²) in [5, 5.41) is 0.258. The van der Waals surface area contributed by atoms with Gasteiger partial charge in [0.05, 0.1) is 13.7 Å². The van der Waals surface area contributed by atoms with Gasteiger partial charge >= 0.3 is 0 Å². The first kappa shape index (κ1) is 17.9. The van der Waals surface area contributed by atoms with Crippen molar-refractivity contribution in [2.24, 2.45) is 0 Å². The van der Waals surface area contributed by atoms with Gasteiger partial charge in [-0.15, -0.1) is 0 Å². The maximum atomic E-state index is 13.3. The highest BCUT2D eigenvalue weighted by atomic mass is 35.5. The molecule has 0 saturated heterocycles. The Morgan fingerprint density at radius 2 is 1.92 bits per heavy atom. The van der Waals surface area contributed by atoms with Crippen LogP contribution in [-0.2, 0) is 6.54 Å². The molecule has 1 amide bonds. The summed E-state index contributed by atoms with van der Waals surface area (Å²) in [6.07, 6.45) is 1.61. The highest BCUT2D eigenvalue weighted by Gasteiger charge is 2.20. The SMILES string of the molecule is COc1ccc(C(=O)N(Cc2ccc(F)cc2Cl)c2ccccn2)cc1. The van der Waals surface area contributed by atoms with E-state index >= 15 is 0 Å². The number of hydrogen-bond donors (Lipinski definition) is 0. The van der Waals surface area contributed by atoms with Crippen LogP contribution in [0.4, 0.5) is 10.2 Å². The van der Waals surface area contributed by atoms with Gasteiger partial charge in [-0.3, -0.25) is 9.69 Å². The number of aromatic nitrogens is 1. The molecule has 0 unspecified atom stereocenters. The lowest BCUT2D eigenvalue weighted by atomic mass is 10.1. The average Bonchev–Trinajstić information content (AvgIpc) is 2.68. The zero-order chi connectivity index (χ0) is 18.5. The largest absolute Gasteiger partial charge is 0.497 e. The van der Waals surface area contributed by atoms with Gasteiger partial charge in [0.15, 0.2) is 0 Å². The number of halogens is 2. The number of benzene rings is 2. The molecule has 0 aliphatic heterocycles. The van der Waals surface area contributed by atoms with Crippen molar-refractivity contribution in [2.75, 3.05) is 12.0 Å². The Labute approximate surface area is 155 Å². The second-order valence-electron chi connectivity index (χ2n) is 5.54. The van der Waals surface area contributed by atoms with Crippen molar-refractivity contribution in [2.45, 2.75) is 6.54 Å². The third kappa shape index (κ3) is 4.00. The number of anilines is 1. The Morgan fingerprint density at radius 3 is 2.54 bits per heavy atom. The molecule has 4 nitrogen and oxygen atoms in total. The summed E-state index contributed by atoms with van der Waals surface area (Å²) in [6, 6.07) is 16.2. The molecule has 0 aliphatic rings. The Bertz CT molecular complexity index is 901. The molecule has 0 spiro atoms. The highest BCUT2D eigenvalue weighted by molar-refractivity contribution is 6.31. The van der Waals surface area contributed by atoms with E-state index in [1.807, 2.05) is 0 Å². The molecule has 6 heteroatoms. The third-order valence-corrected chi connectivity index (χ3v) is 4.20. The van der Waals surface area contributed by atoms with E-state index in [-0.39, 0.29) is 17.5 Å². The Kier molecular flexibility index (Phi) is 5.49. The summed E-state index contributed by atoms with van der Waals surface area (Å²) in [4.78, 5) is 18.8. The predicted molar refractivity (Wildman–Crippen MR) is 99.2 cm³/mol. The number of amides is 1. The molecule has 0 bridgehead atoms. The van der Waals surface area contributed by atoms with Crippen molar-refractivity contribution < 1.29 is 13.9 Å². The molecule has 0 N–H and O–H groups in total. The van der Waals surface area contributed by atoms with Crippen LogP contribution >= 0.6 is 11.6 Å². The van der Waals surface area contributed by atoms with Crippen LogP contribution in [0.1, 0.15) is 15.9 Å². The molecule has 0 fully saturated rings. The summed E-state index contributed by atoms with van der Waals surface area (Å²) in [7, 11) is 1.56. The van der Waals surface area contributed by atoms with E-state index in [4.69, 9.17) is 16.3 Å². The Hall–Kier alpha value is -2.92. The van der Waals surface area contributed by atoms with Crippen LogP contribution in [0.25, 0.3) is 0 Å². The summed E-state index contributed by atoms with van der Waals surface area (Å²) >= 11 is 6.14. The van der Waals surface area contributed by atoms with Crippen LogP contribution in [0.2, 0.25) is 5.02 Å². The first-order valence-corrected chi connectivity index (χ1v) is 8.27. The van der Waals surface area contributed by atoms with E-state index in [0.717, 1.165) is 0 Å². The normalized spacial score (nSPS) is 10.4. The third-order valence-electron chi connectivity index (χ3n) is 3.85. The second-order valence-corrected chi connectivity index (χ2v) is 5.95. The van der Waals surface area contributed by atoms with Gasteiger partial charge in [0.25, 0.3) is 5.91 Å². The number of pyridine rings is 1. The topological polar surface area (TPSA) is 42.4 Å². The van der Waals surface area contributed by atoms with E-state index in [1.165, 1.54) is 17.0 Å². The minimum atomic E-state index is -0.426. The molecule has 132 valence electrons. The van der Waals surface area contributed by atoms with Gasteiger partial charge in [0.1, 0.15) is 17.4 Å². The lowest BCUT2D eigenvalue weighted by Crippen LogP contribution is -2.31. The van der Waals surface area contributed by atoms with E-state index in [0.29, 0.717) is 22.7 Å². The summed E-state index contributed by atoms with van der Waals surface area (Å²) < 4.78 is 18.4. The van der Waals surface area contributed by atoms with Crippen LogP contribution in [-0.4, -0.2) is 18.0 Å². The van der Waals surface area contributed by atoms with Gasteiger partial charge in [-0.05, 0) is 54.1 Å². The maximum absolute atomic E-state index is 13.3. The minimum Gasteiger partial charge on any atom is -0.497 e. The van der Waals surface area contributed by atoms with Gasteiger partial charge in [0, 0.05) is 16.8 Å². The number of rotatable bonds is 5. The fraction of sp³-hybridized carbons (Fsp3) is 0.100. The smallest absolute Gasteiger partial charge is 0.259 e. The molecule has 1 aromatic heterocycles. The molecular weight excluding hydrogens is 355 g/mol. The minimum absolute atomic E-state index is 0.168. The molecule has 2 aromatic carbocycles. The van der Waals surface area contributed by atoms with Crippen LogP contribution in [0.3, 0.4) is 0 Å². The number of carbonyl (C=O) groups excluding carboxylic acids is 1. The zero-order valence-electron chi connectivity index (χ0n) is 14.0. The molecule has 26 heavy (non-hydrogen) atoms. The van der Waals surface area contributed by atoms with Crippen molar-refractivity contribution in [3.8, 4) is 5.75 Å². The van der Waals surface area contributed by atoms with Gasteiger partial charge < -0.3 is 4.74 Å². The van der Waals surface area contributed by atoms with Crippen molar-refractivity contribution in [3.05, 3.63) is 88.8 Å². The number of nitrogens with zero attached hydrogens (tertiary/aromatic N) is 2. The number of hydrogen-bond acceptors (Lipinski definition) is 3. The molecule has 0 atom stereocenters. The number of carbonyl (C=O) groups is 1. The second kappa shape index (κ2) is 7.97. The van der Waals surface area contributed by atoms with Crippen LogP contribution in [0.15, 0.2) is 66.9 Å². The number of methoxy groups -OCH3 is 1. The van der Waals surface area contributed by atoms with Crippen molar-refractivity contribution in [1.82, 2.24) is 4.98 Å². The standard InChI is InChI=1S/C20H16ClFN2O2/c1-26-17-9-6-14(7-10-17)20(25)24(19-4-2-3-11-23-19)13-15-5-8-16(22)12-18(15)21/h2-12H,13H2,1H3. The fourth-order valence-corrected chi connectivity index (χ4v) is 2.71. The summed E-state index contributed by atoms with van der Waals surface area (Å²) in [5.74, 6) is 0.470. The molecule has 3 aromatic rings. The van der Waals surface area contributed by atoms with Gasteiger partial charge in [0.2, 0.25) is 0 Å². The molecule has 0 radical (unpaired) electrons. The predicted octanol–water partition coefficient (Wildman–Crippen LogP) is 4.73. The summed E-state index contributed by atoms with van der Waals surface area (Å²) in [5.41, 5.74) is 1.11. The molecular formula is C20H16ClFN2O2. The molecule has 0 saturated carbocycles. The van der Waals surface area contributed by atoms with Crippen LogP contribution in [0.5, 0.6) is 5.75 Å². The maximum Gasteiger partial charge on any atom is 0.259 e. The Balaban J connectivity index is 1.96. The van der Waals surface area contributed by atoms with E-state index < -0.39 is 5.82 Å². The zero-order valence-corrected chi connectivity index (χ0v) is 14.8. The molecule has 0 aliphatic carbocycles. The van der Waals surface area contributed by atoms with Gasteiger partial charge in [-0.1, -0.05) is 23.7 Å². The first-order valence-electron chi connectivity index (χ1n) is 7.89. The van der Waals surface area contributed by atoms with Crippen molar-refractivity contribution in [3.63, 3.8) is 0 Å². The van der Waals surface area contributed by atoms with Crippen molar-refractivity contribution in [1.29, 1.82) is 0 Å². The summed E-state index contributed by atoms with van der Waals surface area (Å²) in [6.45, 7) is 0.168. The quantitative estimate of drug-likeness (QED) is 0.652. The van der Waals surface area contributed by atoms with Crippen molar-refractivity contribution >= 4 is 23.3 Å². The van der Waals surface area contributed by atoms with Gasteiger partial charge in [-0.2, -0.15) is 0 Å².